The first-order chi connectivity index (χ1) is 22.4. The van der Waals surface area contributed by atoms with E-state index in [9.17, 15) is 14.3 Å². The molecule has 1 aromatic heterocycles. The summed E-state index contributed by atoms with van der Waals surface area (Å²) in [7, 11) is -4.25. The van der Waals surface area contributed by atoms with Crippen LogP contribution in [0, 0.1) is 5.41 Å². The van der Waals surface area contributed by atoms with Crippen LogP contribution in [0.3, 0.4) is 0 Å². The molecule has 0 spiro atoms. The number of benzene rings is 1. The van der Waals surface area contributed by atoms with E-state index >= 15 is 0 Å². The second-order valence-electron chi connectivity index (χ2n) is 13.3. The van der Waals surface area contributed by atoms with Gasteiger partial charge in [-0.3, -0.25) is 9.05 Å². The molecule has 2 N–H and O–H groups in total. The smallest absolute Gasteiger partial charge is 0.449 e. The molecule has 1 fully saturated rings. The van der Waals surface area contributed by atoms with Crippen molar-refractivity contribution in [3.8, 4) is 0 Å². The predicted molar refractivity (Wildman–Crippen MR) is 186 cm³/mol. The Kier molecular flexibility index (Phi) is 18.9. The van der Waals surface area contributed by atoms with Gasteiger partial charge in [0, 0.05) is 29.5 Å². The summed E-state index contributed by atoms with van der Waals surface area (Å²) in [6.45, 7) is 3.53. The number of aromatic nitrogens is 1. The second kappa shape index (κ2) is 22.6. The lowest BCUT2D eigenvalue weighted by Crippen LogP contribution is -2.36. The summed E-state index contributed by atoms with van der Waals surface area (Å²) in [6, 6.07) is 11.9. The lowest BCUT2D eigenvalue weighted by Gasteiger charge is -2.28. The van der Waals surface area contributed by atoms with Crippen LogP contribution in [-0.2, 0) is 24.9 Å². The fourth-order valence-corrected chi connectivity index (χ4v) is 7.34. The highest BCUT2D eigenvalue weighted by atomic mass is 31.2. The fraction of sp³-hybridized carbons (Fsp3) is 0.730. The van der Waals surface area contributed by atoms with E-state index in [1.165, 1.54) is 89.9 Å². The van der Waals surface area contributed by atoms with E-state index in [0.29, 0.717) is 13.1 Å². The van der Waals surface area contributed by atoms with Gasteiger partial charge in [0.15, 0.2) is 12.7 Å². The van der Waals surface area contributed by atoms with E-state index in [1.54, 1.807) is 0 Å². The van der Waals surface area contributed by atoms with E-state index in [1.807, 2.05) is 47.2 Å². The van der Waals surface area contributed by atoms with Crippen LogP contribution < -0.4 is 9.88 Å². The number of fused-ring (bicyclic) bond motifs is 1. The minimum atomic E-state index is -4.25. The van der Waals surface area contributed by atoms with Crippen molar-refractivity contribution in [2.24, 2.45) is 5.41 Å². The number of ether oxygens (including phenoxy) is 1. The molecule has 1 aromatic carbocycles. The Morgan fingerprint density at radius 1 is 0.804 bits per heavy atom. The average molecular weight is 662 g/mol. The number of carbonyl (C=O) groups is 1. The van der Waals surface area contributed by atoms with E-state index in [0.717, 1.165) is 49.4 Å². The minimum Gasteiger partial charge on any atom is -0.449 e. The molecule has 9 heteroatoms. The van der Waals surface area contributed by atoms with Crippen LogP contribution in [-0.4, -0.2) is 37.4 Å². The summed E-state index contributed by atoms with van der Waals surface area (Å²) >= 11 is 0. The first-order valence-electron chi connectivity index (χ1n) is 18.3. The number of carbonyl (C=O) groups excluding carboxylic acids is 1. The third-order valence-electron chi connectivity index (χ3n) is 9.38. The zero-order valence-corrected chi connectivity index (χ0v) is 29.5. The first kappa shape index (κ1) is 38.5. The van der Waals surface area contributed by atoms with Crippen LogP contribution in [0.4, 0.5) is 4.79 Å². The predicted octanol–water partition coefficient (Wildman–Crippen LogP) is 9.81. The molecule has 2 aromatic rings. The van der Waals surface area contributed by atoms with E-state index in [-0.39, 0.29) is 19.8 Å². The number of pyridine rings is 1. The lowest BCUT2D eigenvalue weighted by atomic mass is 9.88. The van der Waals surface area contributed by atoms with Gasteiger partial charge >= 0.3 is 13.9 Å². The monoisotopic (exact) mass is 661 g/mol. The number of amides is 1. The van der Waals surface area contributed by atoms with Crippen molar-refractivity contribution in [1.29, 1.82) is 0 Å². The van der Waals surface area contributed by atoms with Gasteiger partial charge in [0.25, 0.3) is 0 Å². The third-order valence-corrected chi connectivity index (χ3v) is 10.3. The molecule has 0 aliphatic heterocycles. The van der Waals surface area contributed by atoms with Crippen LogP contribution in [0.2, 0.25) is 0 Å². The number of phosphoric ester groups is 1. The van der Waals surface area contributed by atoms with Crippen LogP contribution in [0.5, 0.6) is 0 Å². The SMILES string of the molecule is CCCCCCCCCCCCCCCCCCNC(=O)OCC1(COP(=O)(O)OCC[n+]2cccc3ccccc32)CCCC1. The van der Waals surface area contributed by atoms with Gasteiger partial charge in [-0.1, -0.05) is 128 Å². The van der Waals surface area contributed by atoms with Crippen molar-refractivity contribution in [2.45, 2.75) is 142 Å². The maximum Gasteiger partial charge on any atom is 0.472 e. The zero-order valence-electron chi connectivity index (χ0n) is 28.6. The number of hydrogen-bond donors (Lipinski definition) is 2. The summed E-state index contributed by atoms with van der Waals surface area (Å²) in [5.74, 6) is 0. The van der Waals surface area contributed by atoms with Gasteiger partial charge in [-0.25, -0.2) is 9.36 Å². The standard InChI is InChI=1S/C37H61N2O6P/c1-2-3-4-5-6-7-8-9-10-11-12-13-14-15-16-21-28-38-36(40)43-32-37(26-19-20-27-37)33-45-46(41,42)44-31-30-39-29-22-24-34-23-17-18-25-35(34)39/h17-18,22-25,29H,2-16,19-21,26-28,30-33H2,1H3,(H-,38,40,41,42)/p+1. The maximum absolute atomic E-state index is 12.7. The average Bonchev–Trinajstić information content (AvgIpc) is 3.54. The summed E-state index contributed by atoms with van der Waals surface area (Å²) in [5, 5.41) is 3.96. The molecule has 0 saturated heterocycles. The number of nitrogens with zero attached hydrogens (tertiary/aromatic N) is 1. The number of alkyl carbamates (subject to hydrolysis) is 1. The molecule has 1 heterocycles. The maximum atomic E-state index is 12.7. The molecule has 8 nitrogen and oxygen atoms in total. The van der Waals surface area contributed by atoms with Crippen LogP contribution in [0.15, 0.2) is 42.6 Å². The van der Waals surface area contributed by atoms with Crippen molar-refractivity contribution in [3.63, 3.8) is 0 Å². The van der Waals surface area contributed by atoms with Gasteiger partial charge < -0.3 is 14.9 Å². The van der Waals surface area contributed by atoms with Crippen molar-refractivity contribution in [1.82, 2.24) is 5.32 Å². The Bertz CT molecular complexity index is 1150. The zero-order chi connectivity index (χ0) is 32.8. The molecule has 1 saturated carbocycles. The second-order valence-corrected chi connectivity index (χ2v) is 14.8. The van der Waals surface area contributed by atoms with Crippen molar-refractivity contribution in [2.75, 3.05) is 26.4 Å². The quantitative estimate of drug-likeness (QED) is 0.0592. The molecule has 0 bridgehead atoms. The molecule has 46 heavy (non-hydrogen) atoms. The van der Waals surface area contributed by atoms with Crippen LogP contribution in [0.25, 0.3) is 10.9 Å². The summed E-state index contributed by atoms with van der Waals surface area (Å²) < 4.78 is 31.0. The molecular formula is C37H62N2O6P+. The number of unbranched alkanes of at least 4 members (excludes halogenated alkanes) is 15. The molecule has 1 amide bonds. The number of hydrogen-bond acceptors (Lipinski definition) is 5. The van der Waals surface area contributed by atoms with Gasteiger partial charge in [0.05, 0.1) is 6.61 Å². The lowest BCUT2D eigenvalue weighted by molar-refractivity contribution is -0.672. The Labute approximate surface area is 278 Å². The molecule has 260 valence electrons. The molecule has 1 aliphatic carbocycles. The Balaban J connectivity index is 1.19. The van der Waals surface area contributed by atoms with Gasteiger partial charge in [-0.2, -0.15) is 4.57 Å². The van der Waals surface area contributed by atoms with Crippen molar-refractivity contribution < 1.29 is 32.6 Å². The molecule has 1 unspecified atom stereocenters. The summed E-state index contributed by atoms with van der Waals surface area (Å²) in [5.41, 5.74) is 0.565. The first-order valence-corrected chi connectivity index (χ1v) is 19.8. The molecule has 1 aliphatic rings. The number of para-hydroxylation sites is 1. The molecule has 1 atom stereocenters. The topological polar surface area (TPSA) is 98.0 Å². The highest BCUT2D eigenvalue weighted by Crippen LogP contribution is 2.48. The molecule has 0 radical (unpaired) electrons. The van der Waals surface area contributed by atoms with Crippen molar-refractivity contribution >= 4 is 24.8 Å². The third kappa shape index (κ3) is 15.7. The highest BCUT2D eigenvalue weighted by molar-refractivity contribution is 7.47. The highest BCUT2D eigenvalue weighted by Gasteiger charge is 2.38. The largest absolute Gasteiger partial charge is 0.472 e. The van der Waals surface area contributed by atoms with Crippen molar-refractivity contribution in [3.05, 3.63) is 42.6 Å². The minimum absolute atomic E-state index is 0.0224. The van der Waals surface area contributed by atoms with Crippen LogP contribution in [0.1, 0.15) is 135 Å². The Morgan fingerprint density at radius 3 is 2.00 bits per heavy atom. The summed E-state index contributed by atoms with van der Waals surface area (Å²) in [4.78, 5) is 22.7. The Morgan fingerprint density at radius 2 is 1.37 bits per heavy atom. The normalized spacial score (nSPS) is 15.6. The van der Waals surface area contributed by atoms with Crippen LogP contribution >= 0.6 is 7.82 Å². The fourth-order valence-electron chi connectivity index (χ4n) is 6.51. The van der Waals surface area contributed by atoms with E-state index in [2.05, 4.69) is 12.2 Å². The number of phosphoric acid groups is 1. The Hall–Kier alpha value is -1.99. The van der Waals surface area contributed by atoms with E-state index < -0.39 is 19.3 Å². The number of nitrogens with one attached hydrogen (secondary N) is 1. The van der Waals surface area contributed by atoms with Gasteiger partial charge in [-0.05, 0) is 31.4 Å². The van der Waals surface area contributed by atoms with Gasteiger partial charge in [0.1, 0.15) is 13.2 Å². The molecule has 3 rings (SSSR count). The van der Waals surface area contributed by atoms with Gasteiger partial charge in [0.2, 0.25) is 5.52 Å². The number of rotatable bonds is 26. The van der Waals surface area contributed by atoms with E-state index in [4.69, 9.17) is 13.8 Å². The van der Waals surface area contributed by atoms with Gasteiger partial charge in [-0.15, -0.1) is 0 Å². The molecular weight excluding hydrogens is 599 g/mol. The summed E-state index contributed by atoms with van der Waals surface area (Å²) in [6.07, 6.45) is 26.1.